The van der Waals surface area contributed by atoms with Crippen LogP contribution in [0.15, 0.2) is 12.1 Å². The molecular formula is C19H28F2N2O3. The van der Waals surface area contributed by atoms with Gasteiger partial charge in [-0.1, -0.05) is 0 Å². The van der Waals surface area contributed by atoms with Gasteiger partial charge < -0.3 is 20.2 Å². The van der Waals surface area contributed by atoms with E-state index in [1.165, 1.54) is 12.1 Å². The number of piperidine rings is 2. The molecule has 2 heterocycles. The molecule has 1 aromatic rings. The number of nitrogens with zero attached hydrogens (tertiary/aromatic N) is 2. The Morgan fingerprint density at radius 1 is 1.00 bits per heavy atom. The Hall–Kier alpha value is -1.28. The molecule has 0 unspecified atom stereocenters. The summed E-state index contributed by atoms with van der Waals surface area (Å²) in [6, 6.07) is 2.40. The third-order valence-electron chi connectivity index (χ3n) is 5.73. The molecule has 1 aromatic carbocycles. The smallest absolute Gasteiger partial charge is 0.131 e. The molecule has 0 saturated carbocycles. The minimum atomic E-state index is -1.20. The van der Waals surface area contributed by atoms with E-state index >= 15 is 0 Å². The van der Waals surface area contributed by atoms with Gasteiger partial charge in [0.25, 0.3) is 0 Å². The number of β-amino-alcohol motifs (C(OH)–C–C–N with tert-alkyl or cyclic N) is 1. The van der Waals surface area contributed by atoms with Crippen LogP contribution in [0.5, 0.6) is 0 Å². The van der Waals surface area contributed by atoms with Crippen molar-refractivity contribution in [2.24, 2.45) is 0 Å². The van der Waals surface area contributed by atoms with Crippen LogP contribution in [-0.2, 0) is 6.42 Å². The van der Waals surface area contributed by atoms with Gasteiger partial charge in [0, 0.05) is 43.5 Å². The molecule has 0 aliphatic carbocycles. The minimum absolute atomic E-state index is 0.0214. The molecule has 4 atom stereocenters. The van der Waals surface area contributed by atoms with Crippen LogP contribution in [-0.4, -0.2) is 70.8 Å². The summed E-state index contributed by atoms with van der Waals surface area (Å²) in [5, 5.41) is 29.5. The van der Waals surface area contributed by atoms with Gasteiger partial charge in [0.05, 0.1) is 12.2 Å². The maximum atomic E-state index is 14.5. The highest BCUT2D eigenvalue weighted by molar-refractivity contribution is 5.49. The predicted octanol–water partition coefficient (Wildman–Crippen LogP) is 1.28. The molecule has 5 nitrogen and oxygen atoms in total. The number of aliphatic hydroxyl groups is 3. The van der Waals surface area contributed by atoms with E-state index in [9.17, 15) is 24.1 Å². The van der Waals surface area contributed by atoms with Crippen LogP contribution >= 0.6 is 0 Å². The van der Waals surface area contributed by atoms with Gasteiger partial charge in [-0.3, -0.25) is 4.90 Å². The number of rotatable bonds is 4. The van der Waals surface area contributed by atoms with Crippen molar-refractivity contribution in [1.29, 1.82) is 0 Å². The van der Waals surface area contributed by atoms with Crippen molar-refractivity contribution in [2.45, 2.75) is 57.0 Å². The van der Waals surface area contributed by atoms with Crippen molar-refractivity contribution in [1.82, 2.24) is 4.90 Å². The number of hydrogen-bond acceptors (Lipinski definition) is 5. The van der Waals surface area contributed by atoms with Crippen LogP contribution < -0.4 is 4.90 Å². The molecule has 0 amide bonds. The van der Waals surface area contributed by atoms with Crippen molar-refractivity contribution in [2.75, 3.05) is 31.1 Å². The zero-order valence-corrected chi connectivity index (χ0v) is 15.1. The number of benzene rings is 1. The van der Waals surface area contributed by atoms with Crippen molar-refractivity contribution >= 4 is 5.69 Å². The molecule has 2 aliphatic rings. The molecule has 7 heteroatoms. The lowest BCUT2D eigenvalue weighted by atomic mass is 9.94. The maximum Gasteiger partial charge on any atom is 0.131 e. The second-order valence-electron chi connectivity index (χ2n) is 7.47. The van der Waals surface area contributed by atoms with Crippen LogP contribution in [0.2, 0.25) is 0 Å². The standard InChI is InChI=1S/C19H28F2N2O3/c1-12-18(25)19(26)17(24)11-23(12)8-5-14-15(20)9-13(10-16(14)21)22-6-3-2-4-7-22/h9-10,12,17-19,24-26H,2-8,11H2,1H3/t12-,17+,18-,19-/m1/s1. The van der Waals surface area contributed by atoms with E-state index in [1.807, 2.05) is 4.90 Å². The molecule has 146 valence electrons. The molecule has 3 rings (SSSR count). The number of aliphatic hydroxyl groups excluding tert-OH is 3. The molecular weight excluding hydrogens is 342 g/mol. The first-order valence-electron chi connectivity index (χ1n) is 9.39. The summed E-state index contributed by atoms with van der Waals surface area (Å²) in [6.45, 7) is 3.82. The molecule has 0 aromatic heterocycles. The zero-order chi connectivity index (χ0) is 18.8. The topological polar surface area (TPSA) is 67.2 Å². The third kappa shape index (κ3) is 4.01. The van der Waals surface area contributed by atoms with Gasteiger partial charge in [0.2, 0.25) is 0 Å². The Kier molecular flexibility index (Phi) is 6.12. The molecule has 2 saturated heterocycles. The van der Waals surface area contributed by atoms with E-state index in [0.717, 1.165) is 32.4 Å². The summed E-state index contributed by atoms with van der Waals surface area (Å²) in [4.78, 5) is 3.76. The fraction of sp³-hybridized carbons (Fsp3) is 0.684. The monoisotopic (exact) mass is 370 g/mol. The number of halogens is 2. The zero-order valence-electron chi connectivity index (χ0n) is 15.1. The van der Waals surface area contributed by atoms with Crippen LogP contribution in [0.4, 0.5) is 14.5 Å². The fourth-order valence-electron chi connectivity index (χ4n) is 3.96. The molecule has 2 aliphatic heterocycles. The largest absolute Gasteiger partial charge is 0.389 e. The maximum absolute atomic E-state index is 14.5. The second kappa shape index (κ2) is 8.17. The van der Waals surface area contributed by atoms with E-state index in [4.69, 9.17) is 0 Å². The quantitative estimate of drug-likeness (QED) is 0.745. The van der Waals surface area contributed by atoms with E-state index < -0.39 is 36.0 Å². The first kappa shape index (κ1) is 19.5. The first-order chi connectivity index (χ1) is 12.4. The lowest BCUT2D eigenvalue weighted by Gasteiger charge is -2.42. The SMILES string of the molecule is C[C@@H]1[C@@H](O)[C@H](O)[C@@H](O)CN1CCc1c(F)cc(N2CCCCC2)cc1F. The van der Waals surface area contributed by atoms with Gasteiger partial charge in [0.15, 0.2) is 0 Å². The Balaban J connectivity index is 1.68. The van der Waals surface area contributed by atoms with Gasteiger partial charge >= 0.3 is 0 Å². The summed E-state index contributed by atoms with van der Waals surface area (Å²) in [7, 11) is 0. The average molecular weight is 370 g/mol. The van der Waals surface area contributed by atoms with Crippen molar-refractivity contribution in [3.05, 3.63) is 29.3 Å². The predicted molar refractivity (Wildman–Crippen MR) is 95.2 cm³/mol. The summed E-state index contributed by atoms with van der Waals surface area (Å²) >= 11 is 0. The van der Waals surface area contributed by atoms with Crippen molar-refractivity contribution in [3.63, 3.8) is 0 Å². The van der Waals surface area contributed by atoms with Crippen molar-refractivity contribution in [3.8, 4) is 0 Å². The Morgan fingerprint density at radius 3 is 2.23 bits per heavy atom. The summed E-state index contributed by atoms with van der Waals surface area (Å²) in [6.07, 6.45) is 0.00588. The van der Waals surface area contributed by atoms with Gasteiger partial charge in [-0.2, -0.15) is 0 Å². The van der Waals surface area contributed by atoms with E-state index in [0.29, 0.717) is 12.2 Å². The molecule has 0 bridgehead atoms. The Labute approximate surface area is 152 Å². The summed E-state index contributed by atoms with van der Waals surface area (Å²) < 4.78 is 29.0. The van der Waals surface area contributed by atoms with Gasteiger partial charge in [-0.15, -0.1) is 0 Å². The Morgan fingerprint density at radius 2 is 1.62 bits per heavy atom. The summed E-state index contributed by atoms with van der Waals surface area (Å²) in [5.74, 6) is -1.12. The number of hydrogen-bond donors (Lipinski definition) is 3. The number of likely N-dealkylation sites (tertiary alicyclic amines) is 1. The van der Waals surface area contributed by atoms with Crippen molar-refractivity contribution < 1.29 is 24.1 Å². The minimum Gasteiger partial charge on any atom is -0.389 e. The molecule has 2 fully saturated rings. The first-order valence-corrected chi connectivity index (χ1v) is 9.39. The molecule has 0 spiro atoms. The van der Waals surface area contributed by atoms with Gasteiger partial charge in [0.1, 0.15) is 17.7 Å². The Bertz CT molecular complexity index is 602. The van der Waals surface area contributed by atoms with E-state index in [2.05, 4.69) is 0 Å². The second-order valence-corrected chi connectivity index (χ2v) is 7.47. The van der Waals surface area contributed by atoms with Crippen LogP contribution in [0.25, 0.3) is 0 Å². The van der Waals surface area contributed by atoms with Crippen LogP contribution in [0.1, 0.15) is 31.7 Å². The van der Waals surface area contributed by atoms with Gasteiger partial charge in [-0.25, -0.2) is 8.78 Å². The molecule has 3 N–H and O–H groups in total. The average Bonchev–Trinajstić information content (AvgIpc) is 2.63. The van der Waals surface area contributed by atoms with E-state index in [-0.39, 0.29) is 18.5 Å². The van der Waals surface area contributed by atoms with Crippen LogP contribution in [0, 0.1) is 11.6 Å². The lowest BCUT2D eigenvalue weighted by molar-refractivity contribution is -0.132. The van der Waals surface area contributed by atoms with Gasteiger partial charge in [-0.05, 0) is 44.7 Å². The molecule has 0 radical (unpaired) electrons. The normalized spacial score (nSPS) is 30.6. The highest BCUT2D eigenvalue weighted by atomic mass is 19.1. The summed E-state index contributed by atoms with van der Waals surface area (Å²) in [5.41, 5.74) is 0.608. The fourth-order valence-corrected chi connectivity index (χ4v) is 3.96. The van der Waals surface area contributed by atoms with Crippen LogP contribution in [0.3, 0.4) is 0 Å². The molecule has 26 heavy (non-hydrogen) atoms. The lowest BCUT2D eigenvalue weighted by Crippen LogP contribution is -2.60. The number of anilines is 1. The third-order valence-corrected chi connectivity index (χ3v) is 5.73. The van der Waals surface area contributed by atoms with E-state index in [1.54, 1.807) is 11.8 Å². The highest BCUT2D eigenvalue weighted by Crippen LogP contribution is 2.26. The highest BCUT2D eigenvalue weighted by Gasteiger charge is 2.38.